The highest BCUT2D eigenvalue weighted by molar-refractivity contribution is 5.74. The highest BCUT2D eigenvalue weighted by Crippen LogP contribution is 2.19. The summed E-state index contributed by atoms with van der Waals surface area (Å²) in [5.74, 6) is 0. The number of benzene rings is 2. The molecule has 5 heteroatoms. The van der Waals surface area contributed by atoms with Crippen molar-refractivity contribution in [3.05, 3.63) is 71.3 Å². The molecule has 2 aromatic carbocycles. The van der Waals surface area contributed by atoms with Gasteiger partial charge in [0.25, 0.3) is 0 Å². The van der Waals surface area contributed by atoms with Crippen molar-refractivity contribution in [3.63, 3.8) is 0 Å². The number of amides is 2. The SMILES string of the molecule is O=C(NCc1ccccc1)N1CCOC(CN2CCc3ccccc3C2)C1. The van der Waals surface area contributed by atoms with Crippen LogP contribution in [0, 0.1) is 0 Å². The number of hydrogen-bond donors (Lipinski definition) is 1. The summed E-state index contributed by atoms with van der Waals surface area (Å²) in [7, 11) is 0. The minimum absolute atomic E-state index is 0.00357. The highest BCUT2D eigenvalue weighted by Gasteiger charge is 2.27. The molecule has 142 valence electrons. The second-order valence-electron chi connectivity index (χ2n) is 7.34. The molecule has 2 aliphatic heterocycles. The summed E-state index contributed by atoms with van der Waals surface area (Å²) in [4.78, 5) is 16.8. The van der Waals surface area contributed by atoms with Gasteiger partial charge < -0.3 is 15.0 Å². The van der Waals surface area contributed by atoms with Gasteiger partial charge in [0, 0.05) is 39.3 Å². The fourth-order valence-electron chi connectivity index (χ4n) is 3.90. The van der Waals surface area contributed by atoms with Gasteiger partial charge in [-0.3, -0.25) is 4.90 Å². The van der Waals surface area contributed by atoms with E-state index in [1.807, 2.05) is 35.2 Å². The van der Waals surface area contributed by atoms with Crippen LogP contribution in [0.1, 0.15) is 16.7 Å². The zero-order valence-corrected chi connectivity index (χ0v) is 15.6. The molecule has 4 rings (SSSR count). The summed E-state index contributed by atoms with van der Waals surface area (Å²) >= 11 is 0. The van der Waals surface area contributed by atoms with Gasteiger partial charge in [-0.1, -0.05) is 54.6 Å². The van der Waals surface area contributed by atoms with Crippen molar-refractivity contribution < 1.29 is 9.53 Å². The Morgan fingerprint density at radius 1 is 1.04 bits per heavy atom. The third-order valence-corrected chi connectivity index (χ3v) is 5.38. The van der Waals surface area contributed by atoms with Crippen LogP contribution in [-0.4, -0.2) is 54.7 Å². The first-order valence-corrected chi connectivity index (χ1v) is 9.75. The lowest BCUT2D eigenvalue weighted by Crippen LogP contribution is -2.52. The Hall–Kier alpha value is -2.37. The van der Waals surface area contributed by atoms with Gasteiger partial charge in [-0.15, -0.1) is 0 Å². The lowest BCUT2D eigenvalue weighted by atomic mass is 9.99. The fraction of sp³-hybridized carbons (Fsp3) is 0.409. The molecular formula is C22H27N3O2. The first-order chi connectivity index (χ1) is 13.3. The van der Waals surface area contributed by atoms with Crippen LogP contribution in [0.25, 0.3) is 0 Å². The van der Waals surface area contributed by atoms with Crippen LogP contribution >= 0.6 is 0 Å². The minimum Gasteiger partial charge on any atom is -0.373 e. The predicted molar refractivity (Wildman–Crippen MR) is 105 cm³/mol. The quantitative estimate of drug-likeness (QED) is 0.906. The molecule has 1 N–H and O–H groups in total. The lowest BCUT2D eigenvalue weighted by Gasteiger charge is -2.37. The van der Waals surface area contributed by atoms with E-state index in [9.17, 15) is 4.79 Å². The largest absolute Gasteiger partial charge is 0.373 e. The minimum atomic E-state index is -0.00357. The fourth-order valence-corrected chi connectivity index (χ4v) is 3.90. The Labute approximate surface area is 160 Å². The molecule has 1 fully saturated rings. The number of ether oxygens (including phenoxy) is 1. The van der Waals surface area contributed by atoms with E-state index in [0.717, 1.165) is 31.6 Å². The summed E-state index contributed by atoms with van der Waals surface area (Å²) in [6, 6.07) is 18.7. The van der Waals surface area contributed by atoms with Gasteiger partial charge in [0.15, 0.2) is 0 Å². The molecule has 27 heavy (non-hydrogen) atoms. The monoisotopic (exact) mass is 365 g/mol. The van der Waals surface area contributed by atoms with E-state index in [4.69, 9.17) is 4.74 Å². The van der Waals surface area contributed by atoms with Crippen LogP contribution in [0.15, 0.2) is 54.6 Å². The number of nitrogens with one attached hydrogen (secondary N) is 1. The zero-order chi connectivity index (χ0) is 18.5. The van der Waals surface area contributed by atoms with E-state index in [0.29, 0.717) is 26.2 Å². The maximum atomic E-state index is 12.5. The maximum Gasteiger partial charge on any atom is 0.317 e. The number of carbonyl (C=O) groups excluding carboxylic acids is 1. The normalized spacial score (nSPS) is 20.1. The van der Waals surface area contributed by atoms with Crippen molar-refractivity contribution in [2.24, 2.45) is 0 Å². The molecule has 1 saturated heterocycles. The van der Waals surface area contributed by atoms with E-state index >= 15 is 0 Å². The summed E-state index contributed by atoms with van der Waals surface area (Å²) < 4.78 is 5.95. The molecule has 0 spiro atoms. The first kappa shape index (κ1) is 18.0. The Bertz CT molecular complexity index is 765. The second-order valence-corrected chi connectivity index (χ2v) is 7.34. The highest BCUT2D eigenvalue weighted by atomic mass is 16.5. The standard InChI is InChI=1S/C22H27N3O2/c26-22(23-14-18-6-2-1-3-7-18)25-12-13-27-21(17-25)16-24-11-10-19-8-4-5-9-20(19)15-24/h1-9,21H,10-17H2,(H,23,26). The predicted octanol–water partition coefficient (Wildman–Crippen LogP) is 2.66. The molecule has 2 amide bonds. The number of morpholine rings is 1. The topological polar surface area (TPSA) is 44.8 Å². The number of carbonyl (C=O) groups is 1. The summed E-state index contributed by atoms with van der Waals surface area (Å²) in [5, 5.41) is 3.02. The van der Waals surface area contributed by atoms with Gasteiger partial charge in [-0.2, -0.15) is 0 Å². The molecule has 2 aliphatic rings. The van der Waals surface area contributed by atoms with E-state index in [2.05, 4.69) is 34.5 Å². The van der Waals surface area contributed by atoms with Gasteiger partial charge in [0.2, 0.25) is 0 Å². The molecule has 1 unspecified atom stereocenters. The Kier molecular flexibility index (Phi) is 5.70. The van der Waals surface area contributed by atoms with Gasteiger partial charge in [-0.25, -0.2) is 4.79 Å². The van der Waals surface area contributed by atoms with Crippen LogP contribution in [-0.2, 0) is 24.2 Å². The molecule has 0 radical (unpaired) electrons. The molecule has 0 saturated carbocycles. The first-order valence-electron chi connectivity index (χ1n) is 9.75. The average molecular weight is 365 g/mol. The zero-order valence-electron chi connectivity index (χ0n) is 15.6. The number of urea groups is 1. The lowest BCUT2D eigenvalue weighted by molar-refractivity contribution is -0.0323. The molecule has 5 nitrogen and oxygen atoms in total. The van der Waals surface area contributed by atoms with Crippen LogP contribution in [0.4, 0.5) is 4.79 Å². The molecule has 0 bridgehead atoms. The maximum absolute atomic E-state index is 12.5. The van der Waals surface area contributed by atoms with Gasteiger partial charge >= 0.3 is 6.03 Å². The molecule has 0 aliphatic carbocycles. The average Bonchev–Trinajstić information content (AvgIpc) is 2.73. The third kappa shape index (κ3) is 4.67. The van der Waals surface area contributed by atoms with Crippen LogP contribution in [0.5, 0.6) is 0 Å². The van der Waals surface area contributed by atoms with Crippen LogP contribution in [0.3, 0.4) is 0 Å². The molecule has 2 aromatic rings. The van der Waals surface area contributed by atoms with Crippen molar-refractivity contribution in [2.75, 3.05) is 32.8 Å². The molecule has 0 aromatic heterocycles. The Morgan fingerprint density at radius 3 is 2.67 bits per heavy atom. The van der Waals surface area contributed by atoms with E-state index in [1.165, 1.54) is 11.1 Å². The summed E-state index contributed by atoms with van der Waals surface area (Å²) in [6.45, 7) is 5.36. The van der Waals surface area contributed by atoms with Gasteiger partial charge in [-0.05, 0) is 23.1 Å². The Morgan fingerprint density at radius 2 is 1.81 bits per heavy atom. The van der Waals surface area contributed by atoms with Crippen LogP contribution < -0.4 is 5.32 Å². The number of fused-ring (bicyclic) bond motifs is 1. The summed E-state index contributed by atoms with van der Waals surface area (Å²) in [6.07, 6.45) is 1.16. The van der Waals surface area contributed by atoms with Crippen LogP contribution in [0.2, 0.25) is 0 Å². The van der Waals surface area contributed by atoms with Crippen molar-refractivity contribution in [2.45, 2.75) is 25.6 Å². The number of rotatable bonds is 4. The number of nitrogens with zero attached hydrogens (tertiary/aromatic N) is 2. The molecule has 1 atom stereocenters. The number of hydrogen-bond acceptors (Lipinski definition) is 3. The van der Waals surface area contributed by atoms with Gasteiger partial charge in [0.1, 0.15) is 0 Å². The van der Waals surface area contributed by atoms with E-state index in [-0.39, 0.29) is 12.1 Å². The smallest absolute Gasteiger partial charge is 0.317 e. The second kappa shape index (κ2) is 8.55. The third-order valence-electron chi connectivity index (χ3n) is 5.38. The van der Waals surface area contributed by atoms with Gasteiger partial charge in [0.05, 0.1) is 12.7 Å². The Balaban J connectivity index is 1.27. The van der Waals surface area contributed by atoms with Crippen molar-refractivity contribution >= 4 is 6.03 Å². The van der Waals surface area contributed by atoms with E-state index < -0.39 is 0 Å². The summed E-state index contributed by atoms with van der Waals surface area (Å²) in [5.41, 5.74) is 3.99. The van der Waals surface area contributed by atoms with E-state index in [1.54, 1.807) is 0 Å². The van der Waals surface area contributed by atoms with Crippen molar-refractivity contribution in [3.8, 4) is 0 Å². The molecule has 2 heterocycles. The van der Waals surface area contributed by atoms with Crippen molar-refractivity contribution in [1.82, 2.24) is 15.1 Å². The molecular weight excluding hydrogens is 338 g/mol. The van der Waals surface area contributed by atoms with Crippen molar-refractivity contribution in [1.29, 1.82) is 0 Å².